The topological polar surface area (TPSA) is 124 Å². The van der Waals surface area contributed by atoms with Gasteiger partial charge in [-0.05, 0) is 39.3 Å². The van der Waals surface area contributed by atoms with Crippen LogP contribution in [0.2, 0.25) is 0 Å². The predicted octanol–water partition coefficient (Wildman–Crippen LogP) is 1.94. The number of halogens is 3. The molecule has 0 atom stereocenters. The van der Waals surface area contributed by atoms with Crippen LogP contribution < -0.4 is 5.32 Å². The number of H-pyrrole nitrogens is 1. The van der Waals surface area contributed by atoms with E-state index in [9.17, 15) is 17.2 Å². The fourth-order valence-electron chi connectivity index (χ4n) is 1.47. The molecule has 1 heterocycles. The first kappa shape index (κ1) is 17.0. The van der Waals surface area contributed by atoms with Gasteiger partial charge in [-0.1, -0.05) is 0 Å². The second-order valence-electron chi connectivity index (χ2n) is 4.00. The molecule has 0 aliphatic carbocycles. The van der Waals surface area contributed by atoms with Crippen LogP contribution in [0.1, 0.15) is 5.82 Å². The fraction of sp³-hybridized carbons (Fsp3) is 0.0909. The summed E-state index contributed by atoms with van der Waals surface area (Å²) in [5, 5.41) is 24.5. The summed E-state index contributed by atoms with van der Waals surface area (Å²) in [4.78, 5) is -0.521. The molecule has 0 bridgehead atoms. The molecule has 0 amide bonds. The lowest BCUT2D eigenvalue weighted by atomic mass is 10.3. The molecule has 2 rings (SSSR count). The molecule has 2 aromatic rings. The fourth-order valence-corrected chi connectivity index (χ4v) is 2.86. The Morgan fingerprint density at radius 1 is 1.48 bits per heavy atom. The number of nitrogens with zero attached hydrogens (tertiary/aromatic N) is 4. The number of aromatic amines is 1. The molecule has 0 unspecified atom stereocenters. The molecule has 0 aliphatic rings. The minimum Gasteiger partial charge on any atom is -0.359 e. The van der Waals surface area contributed by atoms with Crippen molar-refractivity contribution in [2.75, 3.05) is 5.32 Å². The monoisotopic (exact) mass is 404 g/mol. The minimum atomic E-state index is -4.68. The summed E-state index contributed by atoms with van der Waals surface area (Å²) >= 11 is 3.08. The smallest absolute Gasteiger partial charge is 0.341 e. The summed E-state index contributed by atoms with van der Waals surface area (Å²) < 4.78 is 48.0. The number of hydrogen-bond donors (Lipinski definition) is 2. The first-order valence-electron chi connectivity index (χ1n) is 5.78. The van der Waals surface area contributed by atoms with Gasteiger partial charge in [0.2, 0.25) is 15.7 Å². The molecule has 0 radical (unpaired) electrons. The highest BCUT2D eigenvalue weighted by molar-refractivity contribution is 9.10. The Morgan fingerprint density at radius 3 is 2.74 bits per heavy atom. The van der Waals surface area contributed by atoms with Crippen LogP contribution in [0.25, 0.3) is 5.57 Å². The highest BCUT2D eigenvalue weighted by Gasteiger charge is 2.26. The van der Waals surface area contributed by atoms with Crippen molar-refractivity contribution in [3.05, 3.63) is 34.7 Å². The van der Waals surface area contributed by atoms with Gasteiger partial charge in [0.1, 0.15) is 11.6 Å². The molecule has 0 aliphatic heterocycles. The zero-order valence-electron chi connectivity index (χ0n) is 11.0. The third kappa shape index (κ3) is 3.69. The third-order valence-electron chi connectivity index (χ3n) is 2.58. The van der Waals surface area contributed by atoms with Crippen molar-refractivity contribution in [1.29, 1.82) is 5.26 Å². The van der Waals surface area contributed by atoms with Crippen LogP contribution in [-0.4, -0.2) is 34.8 Å². The van der Waals surface area contributed by atoms with Crippen molar-refractivity contribution < 1.29 is 17.2 Å². The van der Waals surface area contributed by atoms with E-state index in [0.717, 1.165) is 12.1 Å². The molecule has 0 fully saturated rings. The van der Waals surface area contributed by atoms with Crippen molar-refractivity contribution in [2.24, 2.45) is 0 Å². The maximum absolute atomic E-state index is 12.5. The molecule has 2 N–H and O–H groups in total. The maximum Gasteiger partial charge on any atom is 0.341 e. The van der Waals surface area contributed by atoms with Crippen LogP contribution >= 0.6 is 15.9 Å². The SMILES string of the molecule is N#CC(=CNc1ccc(S(=O)(=O)C(F)F)cc1Br)c1nn[nH]n1. The van der Waals surface area contributed by atoms with Crippen LogP contribution in [0.4, 0.5) is 14.5 Å². The van der Waals surface area contributed by atoms with Crippen molar-refractivity contribution in [2.45, 2.75) is 10.7 Å². The maximum atomic E-state index is 12.5. The van der Waals surface area contributed by atoms with E-state index in [1.54, 1.807) is 0 Å². The van der Waals surface area contributed by atoms with Crippen LogP contribution in [0.5, 0.6) is 0 Å². The summed E-state index contributed by atoms with van der Waals surface area (Å²) in [6, 6.07) is 5.20. The zero-order valence-corrected chi connectivity index (χ0v) is 13.4. The highest BCUT2D eigenvalue weighted by atomic mass is 79.9. The van der Waals surface area contributed by atoms with Crippen molar-refractivity contribution in [1.82, 2.24) is 20.6 Å². The first-order chi connectivity index (χ1) is 10.9. The molecule has 8 nitrogen and oxygen atoms in total. The van der Waals surface area contributed by atoms with Gasteiger partial charge in [0, 0.05) is 10.7 Å². The molecular weight excluding hydrogens is 398 g/mol. The number of tetrazole rings is 1. The predicted molar refractivity (Wildman–Crippen MR) is 78.7 cm³/mol. The van der Waals surface area contributed by atoms with E-state index in [4.69, 9.17) is 5.26 Å². The number of nitrogens with one attached hydrogen (secondary N) is 2. The lowest BCUT2D eigenvalue weighted by Crippen LogP contribution is -2.11. The molecule has 23 heavy (non-hydrogen) atoms. The van der Waals surface area contributed by atoms with E-state index >= 15 is 0 Å². The first-order valence-corrected chi connectivity index (χ1v) is 8.12. The number of sulfone groups is 1. The molecule has 1 aromatic heterocycles. The molecular formula is C11H7BrF2N6O2S. The van der Waals surface area contributed by atoms with E-state index in [1.165, 1.54) is 12.3 Å². The average molecular weight is 405 g/mol. The number of aromatic nitrogens is 4. The summed E-state index contributed by atoms with van der Waals surface area (Å²) in [6.45, 7) is 0. The number of nitriles is 1. The summed E-state index contributed by atoms with van der Waals surface area (Å²) in [5.41, 5.74) is 0.421. The molecule has 1 aromatic carbocycles. The van der Waals surface area contributed by atoms with Gasteiger partial charge in [-0.15, -0.1) is 10.2 Å². The number of hydrogen-bond acceptors (Lipinski definition) is 7. The molecule has 12 heteroatoms. The third-order valence-corrected chi connectivity index (χ3v) is 4.62. The number of rotatable bonds is 5. The van der Waals surface area contributed by atoms with E-state index < -0.39 is 20.5 Å². The highest BCUT2D eigenvalue weighted by Crippen LogP contribution is 2.28. The van der Waals surface area contributed by atoms with E-state index in [2.05, 4.69) is 41.9 Å². The second-order valence-corrected chi connectivity index (χ2v) is 6.77. The number of anilines is 1. The van der Waals surface area contributed by atoms with Crippen LogP contribution in [0.15, 0.2) is 33.8 Å². The minimum absolute atomic E-state index is 0.0630. The number of benzene rings is 1. The van der Waals surface area contributed by atoms with Gasteiger partial charge >= 0.3 is 5.76 Å². The summed E-state index contributed by atoms with van der Waals surface area (Å²) in [6.07, 6.45) is 1.27. The van der Waals surface area contributed by atoms with Gasteiger partial charge in [0.05, 0.1) is 10.6 Å². The molecule has 120 valence electrons. The van der Waals surface area contributed by atoms with Gasteiger partial charge in [0.15, 0.2) is 0 Å². The van der Waals surface area contributed by atoms with Gasteiger partial charge in [-0.25, -0.2) is 8.42 Å². The Kier molecular flexibility index (Phi) is 5.02. The zero-order chi connectivity index (χ0) is 17.0. The Morgan fingerprint density at radius 2 is 2.22 bits per heavy atom. The van der Waals surface area contributed by atoms with Crippen LogP contribution in [0.3, 0.4) is 0 Å². The van der Waals surface area contributed by atoms with Gasteiger partial charge < -0.3 is 5.32 Å². The standard InChI is InChI=1S/C11H7BrF2N6O2S/c12-8-3-7(23(21,22)11(13)14)1-2-9(8)16-5-6(4-15)10-17-19-20-18-10/h1-3,5,11,16H,(H,17,18,19,20). The Balaban J connectivity index is 2.28. The Labute approximate surface area is 137 Å². The van der Waals surface area contributed by atoms with Crippen molar-refractivity contribution >= 4 is 37.0 Å². The van der Waals surface area contributed by atoms with Gasteiger partial charge in [-0.2, -0.15) is 19.3 Å². The largest absolute Gasteiger partial charge is 0.359 e. The Hall–Kier alpha value is -2.39. The average Bonchev–Trinajstić information content (AvgIpc) is 3.03. The van der Waals surface area contributed by atoms with Gasteiger partial charge in [0.25, 0.3) is 0 Å². The lowest BCUT2D eigenvalue weighted by molar-refractivity contribution is 0.234. The lowest BCUT2D eigenvalue weighted by Gasteiger charge is -2.08. The normalized spacial score (nSPS) is 12.2. The quantitative estimate of drug-likeness (QED) is 0.729. The summed E-state index contributed by atoms with van der Waals surface area (Å²) in [7, 11) is -4.68. The van der Waals surface area contributed by atoms with Crippen LogP contribution in [0, 0.1) is 11.3 Å². The van der Waals surface area contributed by atoms with Gasteiger partial charge in [-0.3, -0.25) is 0 Å². The van der Waals surface area contributed by atoms with E-state index in [-0.39, 0.29) is 15.9 Å². The molecule has 0 spiro atoms. The number of alkyl halides is 2. The molecule has 0 saturated carbocycles. The molecule has 0 saturated heterocycles. The Bertz CT molecular complexity index is 876. The van der Waals surface area contributed by atoms with Crippen LogP contribution in [-0.2, 0) is 9.84 Å². The summed E-state index contributed by atoms with van der Waals surface area (Å²) in [5.74, 6) is -3.44. The number of allylic oxidation sites excluding steroid dienone is 1. The van der Waals surface area contributed by atoms with E-state index in [1.807, 2.05) is 6.07 Å². The van der Waals surface area contributed by atoms with Crippen molar-refractivity contribution in [3.8, 4) is 6.07 Å². The van der Waals surface area contributed by atoms with E-state index in [0.29, 0.717) is 5.69 Å². The second kappa shape index (κ2) is 6.80. The van der Waals surface area contributed by atoms with Crippen molar-refractivity contribution in [3.63, 3.8) is 0 Å².